The molecule has 1 heterocycles. The molecule has 5 nitrogen and oxygen atoms in total. The highest BCUT2D eigenvalue weighted by Gasteiger charge is 2.40. The minimum absolute atomic E-state index is 0.183. The first-order chi connectivity index (χ1) is 7.58. The SMILES string of the molecule is CC=CCCOC1COC(C)(C(=O)O)OC1. The van der Waals surface area contributed by atoms with Crippen molar-refractivity contribution in [3.63, 3.8) is 0 Å². The first-order valence-electron chi connectivity index (χ1n) is 5.32. The van der Waals surface area contributed by atoms with Crippen LogP contribution in [0.1, 0.15) is 20.3 Å². The molecule has 1 rings (SSSR count). The first kappa shape index (κ1) is 13.2. The predicted octanol–water partition coefficient (Wildman–Crippen LogP) is 1.19. The summed E-state index contributed by atoms with van der Waals surface area (Å²) in [4.78, 5) is 10.8. The minimum atomic E-state index is -1.52. The Bertz CT molecular complexity index is 253. The molecule has 0 aromatic heterocycles. The number of carbonyl (C=O) groups is 1. The van der Waals surface area contributed by atoms with Gasteiger partial charge in [0.1, 0.15) is 6.10 Å². The van der Waals surface area contributed by atoms with Crippen LogP contribution in [0, 0.1) is 0 Å². The zero-order valence-electron chi connectivity index (χ0n) is 9.64. The van der Waals surface area contributed by atoms with Crippen LogP contribution < -0.4 is 0 Å². The van der Waals surface area contributed by atoms with E-state index in [1.165, 1.54) is 6.92 Å². The van der Waals surface area contributed by atoms with Crippen molar-refractivity contribution < 1.29 is 24.1 Å². The molecule has 1 saturated heterocycles. The van der Waals surface area contributed by atoms with Gasteiger partial charge in [-0.1, -0.05) is 12.2 Å². The topological polar surface area (TPSA) is 65.0 Å². The standard InChI is InChI=1S/C11H18O5/c1-3-4-5-6-14-9-7-15-11(2,10(12)13)16-8-9/h3-4,9H,5-8H2,1-2H3,(H,12,13). The van der Waals surface area contributed by atoms with Gasteiger partial charge in [-0.05, 0) is 13.3 Å². The Labute approximate surface area is 95.0 Å². The maximum atomic E-state index is 10.8. The molecular weight excluding hydrogens is 212 g/mol. The van der Waals surface area contributed by atoms with Crippen LogP contribution in [0.5, 0.6) is 0 Å². The van der Waals surface area contributed by atoms with Gasteiger partial charge in [-0.15, -0.1) is 0 Å². The molecule has 0 unspecified atom stereocenters. The molecule has 0 radical (unpaired) electrons. The molecule has 0 aliphatic carbocycles. The van der Waals surface area contributed by atoms with Crippen molar-refractivity contribution in [2.45, 2.75) is 32.2 Å². The third-order valence-electron chi connectivity index (χ3n) is 2.35. The second-order valence-electron chi connectivity index (χ2n) is 3.72. The number of ether oxygens (including phenoxy) is 3. The van der Waals surface area contributed by atoms with Crippen LogP contribution in [0.25, 0.3) is 0 Å². The third kappa shape index (κ3) is 3.59. The summed E-state index contributed by atoms with van der Waals surface area (Å²) in [5.41, 5.74) is 0. The summed E-state index contributed by atoms with van der Waals surface area (Å²) in [6, 6.07) is 0. The maximum Gasteiger partial charge on any atom is 0.364 e. The fraction of sp³-hybridized carbons (Fsp3) is 0.727. The van der Waals surface area contributed by atoms with E-state index in [4.69, 9.17) is 19.3 Å². The first-order valence-corrected chi connectivity index (χ1v) is 5.32. The van der Waals surface area contributed by atoms with Gasteiger partial charge in [0, 0.05) is 6.92 Å². The summed E-state index contributed by atoms with van der Waals surface area (Å²) in [7, 11) is 0. The van der Waals surface area contributed by atoms with Gasteiger partial charge in [0.25, 0.3) is 5.79 Å². The molecule has 0 aromatic carbocycles. The lowest BCUT2D eigenvalue weighted by Gasteiger charge is -2.34. The molecule has 0 spiro atoms. The fourth-order valence-electron chi connectivity index (χ4n) is 1.28. The highest BCUT2D eigenvalue weighted by atomic mass is 16.7. The number of allylic oxidation sites excluding steroid dienone is 1. The average Bonchev–Trinajstić information content (AvgIpc) is 2.27. The Balaban J connectivity index is 2.24. The maximum absolute atomic E-state index is 10.8. The van der Waals surface area contributed by atoms with Crippen molar-refractivity contribution in [3.8, 4) is 0 Å². The quantitative estimate of drug-likeness (QED) is 0.567. The Morgan fingerprint density at radius 2 is 2.19 bits per heavy atom. The summed E-state index contributed by atoms with van der Waals surface area (Å²) in [6.45, 7) is 4.43. The van der Waals surface area contributed by atoms with Gasteiger partial charge in [0.2, 0.25) is 0 Å². The molecule has 1 fully saturated rings. The molecule has 1 N–H and O–H groups in total. The van der Waals surface area contributed by atoms with Crippen molar-refractivity contribution in [1.29, 1.82) is 0 Å². The van der Waals surface area contributed by atoms with Crippen LogP contribution in [-0.4, -0.2) is 42.8 Å². The molecular formula is C11H18O5. The molecule has 0 atom stereocenters. The molecule has 0 amide bonds. The summed E-state index contributed by atoms with van der Waals surface area (Å²) in [5, 5.41) is 8.83. The normalized spacial score (nSPS) is 30.8. The molecule has 92 valence electrons. The largest absolute Gasteiger partial charge is 0.477 e. The smallest absolute Gasteiger partial charge is 0.364 e. The minimum Gasteiger partial charge on any atom is -0.477 e. The highest BCUT2D eigenvalue weighted by molar-refractivity contribution is 5.75. The lowest BCUT2D eigenvalue weighted by atomic mass is 10.2. The number of aliphatic carboxylic acids is 1. The van der Waals surface area contributed by atoms with Crippen LogP contribution in [0.3, 0.4) is 0 Å². The van der Waals surface area contributed by atoms with Gasteiger partial charge in [-0.25, -0.2) is 4.79 Å². The summed E-state index contributed by atoms with van der Waals surface area (Å²) >= 11 is 0. The monoisotopic (exact) mass is 230 g/mol. The molecule has 1 aliphatic heterocycles. The van der Waals surface area contributed by atoms with E-state index in [-0.39, 0.29) is 19.3 Å². The molecule has 1 aliphatic rings. The lowest BCUT2D eigenvalue weighted by Crippen LogP contribution is -2.50. The lowest BCUT2D eigenvalue weighted by molar-refractivity contribution is -0.283. The van der Waals surface area contributed by atoms with E-state index in [1.54, 1.807) is 0 Å². The van der Waals surface area contributed by atoms with Gasteiger partial charge in [-0.3, -0.25) is 0 Å². The number of hydrogen-bond acceptors (Lipinski definition) is 4. The van der Waals surface area contributed by atoms with Crippen molar-refractivity contribution in [1.82, 2.24) is 0 Å². The summed E-state index contributed by atoms with van der Waals surface area (Å²) in [5.74, 6) is -2.64. The van der Waals surface area contributed by atoms with Gasteiger partial charge in [0.05, 0.1) is 19.8 Å². The van der Waals surface area contributed by atoms with Crippen LogP contribution >= 0.6 is 0 Å². The fourth-order valence-corrected chi connectivity index (χ4v) is 1.28. The van der Waals surface area contributed by atoms with E-state index >= 15 is 0 Å². The Morgan fingerprint density at radius 1 is 1.56 bits per heavy atom. The summed E-state index contributed by atoms with van der Waals surface area (Å²) < 4.78 is 15.7. The van der Waals surface area contributed by atoms with Crippen LogP contribution in [0.2, 0.25) is 0 Å². The van der Waals surface area contributed by atoms with Gasteiger partial charge >= 0.3 is 5.97 Å². The van der Waals surface area contributed by atoms with Crippen molar-refractivity contribution in [2.24, 2.45) is 0 Å². The van der Waals surface area contributed by atoms with E-state index < -0.39 is 11.8 Å². The highest BCUT2D eigenvalue weighted by Crippen LogP contribution is 2.19. The Hall–Kier alpha value is -0.910. The third-order valence-corrected chi connectivity index (χ3v) is 2.35. The van der Waals surface area contributed by atoms with Crippen molar-refractivity contribution in [3.05, 3.63) is 12.2 Å². The second kappa shape index (κ2) is 5.98. The number of carboxylic acids is 1. The van der Waals surface area contributed by atoms with E-state index in [1.807, 2.05) is 19.1 Å². The number of hydrogen-bond donors (Lipinski definition) is 1. The van der Waals surface area contributed by atoms with E-state index in [0.717, 1.165) is 6.42 Å². The van der Waals surface area contributed by atoms with E-state index in [2.05, 4.69) is 0 Å². The van der Waals surface area contributed by atoms with Gasteiger partial charge in [0.15, 0.2) is 0 Å². The number of rotatable bonds is 5. The van der Waals surface area contributed by atoms with Gasteiger partial charge in [-0.2, -0.15) is 0 Å². The van der Waals surface area contributed by atoms with Gasteiger partial charge < -0.3 is 19.3 Å². The summed E-state index contributed by atoms with van der Waals surface area (Å²) in [6.07, 6.45) is 4.62. The van der Waals surface area contributed by atoms with Crippen LogP contribution in [-0.2, 0) is 19.0 Å². The zero-order chi connectivity index (χ0) is 12.0. The molecule has 0 aromatic rings. The Kier molecular flexibility index (Phi) is 4.92. The van der Waals surface area contributed by atoms with E-state index in [9.17, 15) is 4.79 Å². The molecule has 5 heteroatoms. The zero-order valence-corrected chi connectivity index (χ0v) is 9.64. The molecule has 16 heavy (non-hydrogen) atoms. The molecule has 0 bridgehead atoms. The van der Waals surface area contributed by atoms with E-state index in [0.29, 0.717) is 6.61 Å². The number of carboxylic acid groups (broad SMARTS) is 1. The predicted molar refractivity (Wildman–Crippen MR) is 57.1 cm³/mol. The van der Waals surface area contributed by atoms with Crippen LogP contribution in [0.15, 0.2) is 12.2 Å². The van der Waals surface area contributed by atoms with Crippen LogP contribution in [0.4, 0.5) is 0 Å². The van der Waals surface area contributed by atoms with Crippen molar-refractivity contribution >= 4 is 5.97 Å². The molecule has 0 saturated carbocycles. The average molecular weight is 230 g/mol. The Morgan fingerprint density at radius 3 is 2.69 bits per heavy atom. The van der Waals surface area contributed by atoms with Crippen molar-refractivity contribution in [2.75, 3.05) is 19.8 Å². The second-order valence-corrected chi connectivity index (χ2v) is 3.72.